The molecule has 3 aliphatic carbocycles. The Morgan fingerprint density at radius 2 is 1.70 bits per heavy atom. The van der Waals surface area contributed by atoms with Gasteiger partial charge in [0.05, 0.1) is 18.3 Å². The smallest absolute Gasteiger partial charge is 0.478 e. The van der Waals surface area contributed by atoms with E-state index >= 15 is 0 Å². The number of ether oxygens (including phenoxy) is 2. The van der Waals surface area contributed by atoms with Crippen LogP contribution in [0.1, 0.15) is 66.1 Å². The number of aromatic nitrogens is 1. The van der Waals surface area contributed by atoms with Crippen molar-refractivity contribution in [1.82, 2.24) is 5.16 Å². The summed E-state index contributed by atoms with van der Waals surface area (Å²) in [5.74, 6) is 0.695. The van der Waals surface area contributed by atoms with Crippen LogP contribution in [0.4, 0.5) is 13.2 Å². The van der Waals surface area contributed by atoms with Crippen molar-refractivity contribution < 1.29 is 37.1 Å². The Labute approximate surface area is 250 Å². The number of carboxylic acid groups (broad SMARTS) is 1. The maximum absolute atomic E-state index is 13.1. The summed E-state index contributed by atoms with van der Waals surface area (Å²) in [7, 11) is 0. The van der Waals surface area contributed by atoms with Crippen molar-refractivity contribution in [3.63, 3.8) is 0 Å². The molecule has 0 unspecified atom stereocenters. The highest BCUT2D eigenvalue weighted by Gasteiger charge is 2.44. The van der Waals surface area contributed by atoms with Crippen LogP contribution in [0.2, 0.25) is 0 Å². The molecule has 4 atom stereocenters. The molecule has 3 aromatic carbocycles. The number of benzene rings is 3. The van der Waals surface area contributed by atoms with Crippen molar-refractivity contribution in [2.75, 3.05) is 0 Å². The van der Waals surface area contributed by atoms with Crippen LogP contribution in [0.5, 0.6) is 5.75 Å². The average molecular weight is 610 g/mol. The molecule has 10 heteroatoms. The van der Waals surface area contributed by atoms with Crippen molar-refractivity contribution in [2.24, 2.45) is 11.8 Å². The summed E-state index contributed by atoms with van der Waals surface area (Å²) in [6.45, 7) is 0.232. The second-order valence-corrected chi connectivity index (χ2v) is 13.1. The fourth-order valence-corrected chi connectivity index (χ4v) is 8.28. The summed E-state index contributed by atoms with van der Waals surface area (Å²) in [4.78, 5) is 12.5. The maximum Gasteiger partial charge on any atom is 0.573 e. The molecule has 3 aliphatic rings. The first-order chi connectivity index (χ1) is 20.7. The molecule has 0 spiro atoms. The number of carbonyl (C=O) groups is 1. The molecule has 7 rings (SSSR count). The van der Waals surface area contributed by atoms with Gasteiger partial charge >= 0.3 is 12.3 Å². The zero-order chi connectivity index (χ0) is 29.7. The van der Waals surface area contributed by atoms with E-state index in [-0.39, 0.29) is 35.5 Å². The fourth-order valence-electron chi connectivity index (χ4n) is 6.75. The minimum Gasteiger partial charge on any atom is -0.478 e. The van der Waals surface area contributed by atoms with Gasteiger partial charge in [-0.25, -0.2) is 4.79 Å². The quantitative estimate of drug-likeness (QED) is 0.203. The molecule has 1 heterocycles. The van der Waals surface area contributed by atoms with E-state index in [1.165, 1.54) is 17.0 Å². The number of fused-ring (bicyclic) bond motifs is 3. The Kier molecular flexibility index (Phi) is 7.37. The van der Waals surface area contributed by atoms with Gasteiger partial charge in [-0.3, -0.25) is 0 Å². The fraction of sp³-hybridized carbons (Fsp3) is 0.394. The van der Waals surface area contributed by atoms with Crippen molar-refractivity contribution >= 4 is 28.5 Å². The summed E-state index contributed by atoms with van der Waals surface area (Å²) >= 11 is 1.90. The zero-order valence-corrected chi connectivity index (χ0v) is 24.0. The highest BCUT2D eigenvalue weighted by atomic mass is 32.2. The number of halogens is 3. The Bertz CT molecular complexity index is 1650. The SMILES string of the molecule is O=C(O)c1ccc2cc(S[C@@H]3[C@@H]4CC[C@H]3C[C@@H](OCc3c(-c5ccccc5OC(F)(F)F)noc3C3CC3)C4)ccc2c1. The molecule has 0 saturated heterocycles. The molecular formula is C33H30F3NO5S. The van der Waals surface area contributed by atoms with E-state index < -0.39 is 12.3 Å². The van der Waals surface area contributed by atoms with E-state index in [0.717, 1.165) is 49.3 Å². The number of aromatic carboxylic acids is 1. The first kappa shape index (κ1) is 28.3. The lowest BCUT2D eigenvalue weighted by atomic mass is 9.86. The van der Waals surface area contributed by atoms with Gasteiger partial charge in [-0.05, 0) is 97.5 Å². The van der Waals surface area contributed by atoms with Crippen molar-refractivity contribution in [1.29, 1.82) is 0 Å². The van der Waals surface area contributed by atoms with Crippen LogP contribution >= 0.6 is 11.8 Å². The third-order valence-electron chi connectivity index (χ3n) is 8.90. The molecule has 1 aromatic heterocycles. The standard InChI is InChI=1S/C33H30F3NO5S/c34-33(35,36)41-28-4-2-1-3-26(28)29-27(30(42-37-29)18-5-6-18)17-40-24-14-21-8-9-22(15-24)31(21)43-25-12-11-19-13-23(32(38)39)10-7-20(19)16-25/h1-4,7,10-13,16,18,21-22,24,31H,5-6,8-9,14-15,17H2,(H,38,39)/t21-,22+,24+,31-. The van der Waals surface area contributed by atoms with Crippen LogP contribution < -0.4 is 4.74 Å². The molecule has 0 amide bonds. The van der Waals surface area contributed by atoms with E-state index in [1.807, 2.05) is 23.9 Å². The Hall–Kier alpha value is -3.50. The van der Waals surface area contributed by atoms with Gasteiger partial charge in [-0.1, -0.05) is 29.4 Å². The molecule has 1 N–H and O–H groups in total. The number of carboxylic acids is 1. The molecule has 2 bridgehead atoms. The predicted molar refractivity (Wildman–Crippen MR) is 155 cm³/mol. The molecule has 0 radical (unpaired) electrons. The Balaban J connectivity index is 1.05. The second-order valence-electron chi connectivity index (χ2n) is 11.8. The van der Waals surface area contributed by atoms with Gasteiger partial charge in [-0.2, -0.15) is 0 Å². The van der Waals surface area contributed by atoms with Gasteiger partial charge in [0.2, 0.25) is 0 Å². The second kappa shape index (κ2) is 11.2. The van der Waals surface area contributed by atoms with E-state index in [2.05, 4.69) is 22.0 Å². The normalized spacial score (nSPS) is 23.5. The van der Waals surface area contributed by atoms with Crippen molar-refractivity contribution in [2.45, 2.75) is 73.7 Å². The van der Waals surface area contributed by atoms with Crippen LogP contribution in [0.3, 0.4) is 0 Å². The van der Waals surface area contributed by atoms with Gasteiger partial charge in [-0.15, -0.1) is 24.9 Å². The number of thioether (sulfide) groups is 1. The molecule has 3 fully saturated rings. The number of hydrogen-bond donors (Lipinski definition) is 1. The highest BCUT2D eigenvalue weighted by molar-refractivity contribution is 8.00. The van der Waals surface area contributed by atoms with Gasteiger partial charge < -0.3 is 19.1 Å². The van der Waals surface area contributed by atoms with Crippen LogP contribution in [-0.4, -0.2) is 33.9 Å². The van der Waals surface area contributed by atoms with Crippen molar-refractivity contribution in [3.05, 3.63) is 77.6 Å². The van der Waals surface area contributed by atoms with Gasteiger partial charge in [0.25, 0.3) is 0 Å². The third kappa shape index (κ3) is 5.99. The highest BCUT2D eigenvalue weighted by Crippen LogP contribution is 2.52. The first-order valence-corrected chi connectivity index (χ1v) is 15.5. The molecule has 43 heavy (non-hydrogen) atoms. The minimum atomic E-state index is -4.82. The molecule has 4 aromatic rings. The maximum atomic E-state index is 13.1. The monoisotopic (exact) mass is 609 g/mol. The van der Waals surface area contributed by atoms with E-state index in [4.69, 9.17) is 9.26 Å². The third-order valence-corrected chi connectivity index (χ3v) is 10.5. The lowest BCUT2D eigenvalue weighted by molar-refractivity contribution is -0.274. The summed E-state index contributed by atoms with van der Waals surface area (Å²) in [6, 6.07) is 17.4. The lowest BCUT2D eigenvalue weighted by Crippen LogP contribution is -2.32. The number of nitrogens with zero attached hydrogens (tertiary/aromatic N) is 1. The lowest BCUT2D eigenvalue weighted by Gasteiger charge is -2.35. The van der Waals surface area contributed by atoms with Crippen LogP contribution in [-0.2, 0) is 11.3 Å². The van der Waals surface area contributed by atoms with E-state index in [1.54, 1.807) is 24.3 Å². The Morgan fingerprint density at radius 3 is 2.42 bits per heavy atom. The Morgan fingerprint density at radius 1 is 0.977 bits per heavy atom. The largest absolute Gasteiger partial charge is 0.573 e. The van der Waals surface area contributed by atoms with Gasteiger partial charge in [0, 0.05) is 27.2 Å². The molecule has 6 nitrogen and oxygen atoms in total. The minimum absolute atomic E-state index is 0.0527. The van der Waals surface area contributed by atoms with E-state index in [9.17, 15) is 23.1 Å². The predicted octanol–water partition coefficient (Wildman–Crippen LogP) is 8.84. The summed E-state index contributed by atoms with van der Waals surface area (Å²) in [6.07, 6.45) is 1.30. The van der Waals surface area contributed by atoms with Gasteiger partial charge in [0.1, 0.15) is 17.2 Å². The molecular weight excluding hydrogens is 579 g/mol. The topological polar surface area (TPSA) is 81.8 Å². The number of rotatable bonds is 9. The van der Waals surface area contributed by atoms with Crippen molar-refractivity contribution in [3.8, 4) is 17.0 Å². The molecule has 3 saturated carbocycles. The molecule has 0 aliphatic heterocycles. The number of hydrogen-bond acceptors (Lipinski definition) is 6. The number of para-hydroxylation sites is 1. The average Bonchev–Trinajstić information content (AvgIpc) is 3.69. The summed E-state index contributed by atoms with van der Waals surface area (Å²) < 4.78 is 55.8. The van der Waals surface area contributed by atoms with Crippen LogP contribution in [0.15, 0.2) is 70.1 Å². The molecule has 224 valence electrons. The van der Waals surface area contributed by atoms with Crippen LogP contribution in [0, 0.1) is 11.8 Å². The summed E-state index contributed by atoms with van der Waals surface area (Å²) in [5, 5.41) is 15.9. The van der Waals surface area contributed by atoms with Gasteiger partial charge in [0.15, 0.2) is 0 Å². The van der Waals surface area contributed by atoms with E-state index in [0.29, 0.717) is 34.1 Å². The number of alkyl halides is 3. The van der Waals surface area contributed by atoms with Crippen LogP contribution in [0.25, 0.3) is 22.0 Å². The first-order valence-electron chi connectivity index (χ1n) is 14.6. The summed E-state index contributed by atoms with van der Waals surface area (Å²) in [5.41, 5.74) is 1.59. The zero-order valence-electron chi connectivity index (χ0n) is 23.2.